The molecular weight excluding hydrogens is 358 g/mol. The summed E-state index contributed by atoms with van der Waals surface area (Å²) in [7, 11) is 0. The summed E-state index contributed by atoms with van der Waals surface area (Å²) < 4.78 is 1.67. The van der Waals surface area contributed by atoms with E-state index >= 15 is 0 Å². The van der Waals surface area contributed by atoms with Gasteiger partial charge in [0.15, 0.2) is 0 Å². The third kappa shape index (κ3) is 3.32. The lowest BCUT2D eigenvalue weighted by Gasteiger charge is -2.20. The lowest BCUT2D eigenvalue weighted by molar-refractivity contribution is -0.116. The molecule has 1 aliphatic rings. The second kappa shape index (κ2) is 6.78. The molecule has 2 aromatic heterocycles. The zero-order valence-corrected chi connectivity index (χ0v) is 16.4. The van der Waals surface area contributed by atoms with Crippen LogP contribution in [0.1, 0.15) is 30.0 Å². The Hall–Kier alpha value is -2.73. The number of hydrogen-bond donors (Lipinski definition) is 0. The van der Waals surface area contributed by atoms with Crippen molar-refractivity contribution in [3.05, 3.63) is 68.4 Å². The molecule has 0 radical (unpaired) electrons. The van der Waals surface area contributed by atoms with Gasteiger partial charge in [-0.15, -0.1) is 11.3 Å². The summed E-state index contributed by atoms with van der Waals surface area (Å²) in [6.07, 6.45) is 2.67. The molecule has 0 saturated carbocycles. The van der Waals surface area contributed by atoms with E-state index in [1.165, 1.54) is 5.56 Å². The lowest BCUT2D eigenvalue weighted by atomic mass is 10.1. The number of rotatable bonds is 3. The second-order valence-corrected chi connectivity index (χ2v) is 8.03. The topological polar surface area (TPSA) is 55.2 Å². The Morgan fingerprint density at radius 3 is 2.85 bits per heavy atom. The first-order valence-corrected chi connectivity index (χ1v) is 9.85. The smallest absolute Gasteiger partial charge is 0.251 e. The summed E-state index contributed by atoms with van der Waals surface area (Å²) in [5.41, 5.74) is 5.09. The Balaban J connectivity index is 1.60. The van der Waals surface area contributed by atoms with Crippen LogP contribution < -0.4 is 10.5 Å². The highest BCUT2D eigenvalue weighted by Crippen LogP contribution is 2.35. The largest absolute Gasteiger partial charge is 0.309 e. The highest BCUT2D eigenvalue weighted by Gasteiger charge is 2.29. The maximum absolute atomic E-state index is 12.1. The number of pyridine rings is 1. The van der Waals surface area contributed by atoms with Crippen molar-refractivity contribution in [1.82, 2.24) is 9.55 Å². The quantitative estimate of drug-likeness (QED) is 0.698. The number of amides is 1. The van der Waals surface area contributed by atoms with Gasteiger partial charge in [0.05, 0.1) is 12.2 Å². The van der Waals surface area contributed by atoms with Gasteiger partial charge in [-0.2, -0.15) is 0 Å². The molecule has 0 spiro atoms. The number of fused-ring (bicyclic) bond motifs is 1. The number of nitrogens with zero attached hydrogens (tertiary/aromatic N) is 3. The van der Waals surface area contributed by atoms with Crippen LogP contribution in [0.15, 0.2) is 46.7 Å². The molecule has 3 aromatic rings. The van der Waals surface area contributed by atoms with Gasteiger partial charge in [0.25, 0.3) is 5.56 Å². The van der Waals surface area contributed by atoms with Crippen LogP contribution in [0.4, 0.5) is 5.69 Å². The van der Waals surface area contributed by atoms with Crippen molar-refractivity contribution in [3.8, 4) is 11.3 Å². The van der Waals surface area contributed by atoms with Gasteiger partial charge in [-0.05, 0) is 49.6 Å². The molecule has 1 amide bonds. The van der Waals surface area contributed by atoms with Crippen LogP contribution in [0.3, 0.4) is 0 Å². The Morgan fingerprint density at radius 1 is 1.30 bits per heavy atom. The van der Waals surface area contributed by atoms with Crippen molar-refractivity contribution in [2.75, 3.05) is 4.90 Å². The molecule has 138 valence electrons. The van der Waals surface area contributed by atoms with Gasteiger partial charge < -0.3 is 9.47 Å². The predicted molar refractivity (Wildman–Crippen MR) is 108 cm³/mol. The Morgan fingerprint density at radius 2 is 2.11 bits per heavy atom. The minimum absolute atomic E-state index is 0.0115. The first kappa shape index (κ1) is 17.7. The molecule has 1 atom stereocenters. The Kier molecular flexibility index (Phi) is 4.44. The number of thiazole rings is 1. The minimum atomic E-state index is -0.0115. The second-order valence-electron chi connectivity index (χ2n) is 7.08. The molecule has 3 heterocycles. The summed E-state index contributed by atoms with van der Waals surface area (Å²) in [5.74, 6) is 0.0773. The van der Waals surface area contributed by atoms with Gasteiger partial charge in [-0.1, -0.05) is 6.07 Å². The van der Waals surface area contributed by atoms with Crippen molar-refractivity contribution in [2.45, 2.75) is 39.8 Å². The van der Waals surface area contributed by atoms with Crippen molar-refractivity contribution in [2.24, 2.45) is 0 Å². The molecule has 4 rings (SSSR count). The summed E-state index contributed by atoms with van der Waals surface area (Å²) in [6, 6.07) is 9.91. The molecule has 0 N–H and O–H groups in total. The molecule has 27 heavy (non-hydrogen) atoms. The molecule has 1 aliphatic heterocycles. The monoisotopic (exact) mass is 379 g/mol. The highest BCUT2D eigenvalue weighted by atomic mass is 32.1. The van der Waals surface area contributed by atoms with E-state index in [2.05, 4.69) is 13.0 Å². The third-order valence-corrected chi connectivity index (χ3v) is 5.77. The number of aryl methyl sites for hydroxylation is 1. The summed E-state index contributed by atoms with van der Waals surface area (Å²) in [4.78, 5) is 30.5. The van der Waals surface area contributed by atoms with Crippen LogP contribution in [0.25, 0.3) is 11.3 Å². The van der Waals surface area contributed by atoms with Crippen LogP contribution in [-0.2, 0) is 17.8 Å². The fourth-order valence-corrected chi connectivity index (χ4v) is 4.47. The number of hydrogen-bond acceptors (Lipinski definition) is 4. The van der Waals surface area contributed by atoms with Crippen LogP contribution in [0.5, 0.6) is 0 Å². The van der Waals surface area contributed by atoms with E-state index in [1.807, 2.05) is 41.6 Å². The van der Waals surface area contributed by atoms with Gasteiger partial charge in [0.1, 0.15) is 5.01 Å². The Bertz CT molecular complexity index is 1080. The summed E-state index contributed by atoms with van der Waals surface area (Å²) in [6.45, 7) is 6.07. The van der Waals surface area contributed by atoms with Crippen molar-refractivity contribution < 1.29 is 4.79 Å². The van der Waals surface area contributed by atoms with Gasteiger partial charge >= 0.3 is 0 Å². The van der Waals surface area contributed by atoms with Gasteiger partial charge in [-0.25, -0.2) is 4.98 Å². The molecule has 5 nitrogen and oxygen atoms in total. The zero-order valence-electron chi connectivity index (χ0n) is 15.6. The lowest BCUT2D eigenvalue weighted by Crippen LogP contribution is -2.33. The molecular formula is C21H21N3O2S. The van der Waals surface area contributed by atoms with Crippen molar-refractivity contribution in [3.63, 3.8) is 0 Å². The average molecular weight is 379 g/mol. The van der Waals surface area contributed by atoms with Crippen molar-refractivity contribution >= 4 is 22.9 Å². The SMILES string of the molecule is CC(=O)N1c2ccc(-c3csc(Cn4ccc(C)cc4=O)n3)cc2CC1C. The summed E-state index contributed by atoms with van der Waals surface area (Å²) >= 11 is 1.56. The fourth-order valence-electron chi connectivity index (χ4n) is 3.67. The molecule has 6 heteroatoms. The van der Waals surface area contributed by atoms with Gasteiger partial charge in [0, 0.05) is 41.9 Å². The fraction of sp³-hybridized carbons (Fsp3) is 0.286. The first-order valence-electron chi connectivity index (χ1n) is 8.97. The number of anilines is 1. The number of carbonyl (C=O) groups is 1. The van der Waals surface area contributed by atoms with Crippen LogP contribution in [0.2, 0.25) is 0 Å². The maximum atomic E-state index is 12.1. The van der Waals surface area contributed by atoms with Gasteiger partial charge in [-0.3, -0.25) is 9.59 Å². The third-order valence-electron chi connectivity index (χ3n) is 4.94. The van der Waals surface area contributed by atoms with E-state index in [0.717, 1.165) is 33.9 Å². The van der Waals surface area contributed by atoms with Crippen molar-refractivity contribution in [1.29, 1.82) is 0 Å². The van der Waals surface area contributed by atoms with E-state index in [1.54, 1.807) is 28.9 Å². The van der Waals surface area contributed by atoms with E-state index in [0.29, 0.717) is 6.54 Å². The molecule has 1 aromatic carbocycles. The average Bonchev–Trinajstić information content (AvgIpc) is 3.20. The first-order chi connectivity index (χ1) is 12.9. The molecule has 1 unspecified atom stereocenters. The molecule has 0 saturated heterocycles. The normalized spacial score (nSPS) is 15.8. The predicted octanol–water partition coefficient (Wildman–Crippen LogP) is 3.63. The Labute approximate surface area is 161 Å². The number of carbonyl (C=O) groups excluding carboxylic acids is 1. The van der Waals surface area contributed by atoms with E-state index in [4.69, 9.17) is 4.98 Å². The van der Waals surface area contributed by atoms with Crippen LogP contribution in [0, 0.1) is 6.92 Å². The standard InChI is InChI=1S/C21H21N3O2S/c1-13-6-7-23(21(26)8-13)11-20-22-18(12-27-20)16-4-5-19-17(10-16)9-14(2)24(19)15(3)25/h4-8,10,12,14H,9,11H2,1-3H3. The zero-order chi connectivity index (χ0) is 19.1. The van der Waals surface area contributed by atoms with Crippen LogP contribution in [-0.4, -0.2) is 21.5 Å². The number of benzene rings is 1. The van der Waals surface area contributed by atoms with Gasteiger partial charge in [0.2, 0.25) is 5.91 Å². The van der Waals surface area contributed by atoms with Crippen LogP contribution >= 0.6 is 11.3 Å². The number of aromatic nitrogens is 2. The van der Waals surface area contributed by atoms with E-state index < -0.39 is 0 Å². The maximum Gasteiger partial charge on any atom is 0.251 e. The molecule has 0 bridgehead atoms. The minimum Gasteiger partial charge on any atom is -0.309 e. The molecule has 0 fully saturated rings. The van der Waals surface area contributed by atoms with E-state index in [-0.39, 0.29) is 17.5 Å². The summed E-state index contributed by atoms with van der Waals surface area (Å²) in [5, 5.41) is 2.92. The van der Waals surface area contributed by atoms with E-state index in [9.17, 15) is 9.59 Å². The highest BCUT2D eigenvalue weighted by molar-refractivity contribution is 7.09. The molecule has 0 aliphatic carbocycles.